The van der Waals surface area contributed by atoms with Crippen LogP contribution in [-0.2, 0) is 9.53 Å². The molecule has 1 aromatic rings. The maximum atomic E-state index is 13.4. The molecule has 1 unspecified atom stereocenters. The van der Waals surface area contributed by atoms with Gasteiger partial charge in [0.25, 0.3) is 5.91 Å². The van der Waals surface area contributed by atoms with Crippen LogP contribution in [0, 0.1) is 11.6 Å². The van der Waals surface area contributed by atoms with Crippen LogP contribution in [0.5, 0.6) is 0 Å². The summed E-state index contributed by atoms with van der Waals surface area (Å²) in [4.78, 5) is 23.4. The van der Waals surface area contributed by atoms with Crippen molar-refractivity contribution >= 4 is 11.8 Å². The van der Waals surface area contributed by atoms with Gasteiger partial charge in [-0.05, 0) is 12.1 Å². The molecule has 0 radical (unpaired) electrons. The zero-order chi connectivity index (χ0) is 16.7. The fraction of sp³-hybridized carbons (Fsp3) is 0.467. The van der Waals surface area contributed by atoms with E-state index in [2.05, 4.69) is 16.0 Å². The molecule has 2 rings (SSSR count). The maximum Gasteiger partial charge on any atom is 0.257 e. The molecule has 6 nitrogen and oxygen atoms in total. The monoisotopic (exact) mass is 327 g/mol. The van der Waals surface area contributed by atoms with E-state index in [1.165, 1.54) is 6.07 Å². The fourth-order valence-corrected chi connectivity index (χ4v) is 2.23. The normalized spacial score (nSPS) is 17.6. The van der Waals surface area contributed by atoms with E-state index in [1.54, 1.807) is 0 Å². The summed E-state index contributed by atoms with van der Waals surface area (Å²) < 4.78 is 32.1. The molecule has 3 N–H and O–H groups in total. The summed E-state index contributed by atoms with van der Waals surface area (Å²) in [5.41, 5.74) is -0.623. The molecule has 1 fully saturated rings. The number of benzene rings is 1. The van der Waals surface area contributed by atoms with Gasteiger partial charge in [0.2, 0.25) is 5.91 Å². The minimum absolute atomic E-state index is 0.0224. The number of rotatable bonds is 6. The summed E-state index contributed by atoms with van der Waals surface area (Å²) in [6.45, 7) is 2.08. The first-order valence-electron chi connectivity index (χ1n) is 7.38. The van der Waals surface area contributed by atoms with Crippen molar-refractivity contribution in [3.8, 4) is 0 Å². The highest BCUT2D eigenvalue weighted by atomic mass is 19.1. The molecule has 1 aromatic carbocycles. The lowest BCUT2D eigenvalue weighted by atomic mass is 10.2. The van der Waals surface area contributed by atoms with Crippen LogP contribution in [0.4, 0.5) is 8.78 Å². The van der Waals surface area contributed by atoms with Crippen molar-refractivity contribution in [2.75, 3.05) is 32.8 Å². The molecule has 1 atom stereocenters. The highest BCUT2D eigenvalue weighted by Crippen LogP contribution is 2.11. The van der Waals surface area contributed by atoms with Gasteiger partial charge in [-0.2, -0.15) is 0 Å². The van der Waals surface area contributed by atoms with Crippen LogP contribution >= 0.6 is 0 Å². The quantitative estimate of drug-likeness (QED) is 0.652. The average Bonchev–Trinajstić information content (AvgIpc) is 2.52. The molecule has 1 heterocycles. The molecule has 0 aliphatic carbocycles. The number of carbonyl (C=O) groups excluding carboxylic acids is 2. The molecule has 0 saturated carbocycles. The van der Waals surface area contributed by atoms with Crippen molar-refractivity contribution in [1.29, 1.82) is 0 Å². The number of amides is 2. The number of ether oxygens (including phenoxy) is 1. The van der Waals surface area contributed by atoms with Crippen molar-refractivity contribution < 1.29 is 23.1 Å². The Morgan fingerprint density at radius 3 is 2.57 bits per heavy atom. The predicted molar refractivity (Wildman–Crippen MR) is 78.9 cm³/mol. The Balaban J connectivity index is 1.68. The Morgan fingerprint density at radius 1 is 1.22 bits per heavy atom. The summed E-state index contributed by atoms with van der Waals surface area (Å²) in [5, 5.41) is 8.15. The number of hydrogen-bond donors (Lipinski definition) is 3. The topological polar surface area (TPSA) is 79.5 Å². The van der Waals surface area contributed by atoms with Gasteiger partial charge >= 0.3 is 0 Å². The minimum atomic E-state index is -0.921. The first kappa shape index (κ1) is 17.3. The Kier molecular flexibility index (Phi) is 6.42. The Hall–Kier alpha value is -2.06. The smallest absolute Gasteiger partial charge is 0.257 e. The van der Waals surface area contributed by atoms with E-state index < -0.39 is 23.1 Å². The predicted octanol–water partition coefficient (Wildman–Crippen LogP) is 0.189. The third-order valence-electron chi connectivity index (χ3n) is 3.35. The highest BCUT2D eigenvalue weighted by Gasteiger charge is 2.18. The second kappa shape index (κ2) is 8.54. The van der Waals surface area contributed by atoms with Crippen LogP contribution in [0.2, 0.25) is 0 Å². The third-order valence-corrected chi connectivity index (χ3v) is 3.35. The van der Waals surface area contributed by atoms with Crippen molar-refractivity contribution in [3.63, 3.8) is 0 Å². The van der Waals surface area contributed by atoms with Gasteiger partial charge in [-0.3, -0.25) is 9.59 Å². The van der Waals surface area contributed by atoms with Crippen LogP contribution in [-0.4, -0.2) is 50.7 Å². The van der Waals surface area contributed by atoms with Gasteiger partial charge in [0, 0.05) is 32.1 Å². The number of carbonyl (C=O) groups is 2. The third kappa shape index (κ3) is 5.26. The second-order valence-corrected chi connectivity index (χ2v) is 5.13. The summed E-state index contributed by atoms with van der Waals surface area (Å²) in [7, 11) is 0. The minimum Gasteiger partial charge on any atom is -0.378 e. The first-order chi connectivity index (χ1) is 11.1. The molecule has 1 aliphatic heterocycles. The van der Waals surface area contributed by atoms with Gasteiger partial charge in [-0.1, -0.05) is 6.07 Å². The highest BCUT2D eigenvalue weighted by molar-refractivity contribution is 5.94. The molecule has 0 aromatic heterocycles. The second-order valence-electron chi connectivity index (χ2n) is 5.13. The molecule has 1 saturated heterocycles. The van der Waals surface area contributed by atoms with E-state index in [4.69, 9.17) is 4.74 Å². The zero-order valence-corrected chi connectivity index (χ0v) is 12.5. The molecule has 0 bridgehead atoms. The van der Waals surface area contributed by atoms with E-state index in [9.17, 15) is 18.4 Å². The molecular formula is C15H19F2N3O3. The molecule has 0 spiro atoms. The van der Waals surface area contributed by atoms with E-state index in [1.807, 2.05) is 0 Å². The van der Waals surface area contributed by atoms with Crippen molar-refractivity contribution in [3.05, 3.63) is 35.4 Å². The number of nitrogens with one attached hydrogen (secondary N) is 3. The van der Waals surface area contributed by atoms with E-state index in [0.717, 1.165) is 12.1 Å². The van der Waals surface area contributed by atoms with Crippen molar-refractivity contribution in [2.45, 2.75) is 12.5 Å². The largest absolute Gasteiger partial charge is 0.378 e. The standard InChI is InChI=1S/C15H19F2N3O3/c16-11-2-1-3-12(17)14(11)15(22)20-5-4-19-13(21)8-10-9-23-7-6-18-10/h1-3,10,18H,4-9H2,(H,19,21)(H,20,22). The first-order valence-corrected chi connectivity index (χ1v) is 7.38. The van der Waals surface area contributed by atoms with Gasteiger partial charge in [0.15, 0.2) is 0 Å². The Labute approximate surface area is 132 Å². The van der Waals surface area contributed by atoms with Gasteiger partial charge < -0.3 is 20.7 Å². The molecule has 8 heteroatoms. The molecule has 1 aliphatic rings. The van der Waals surface area contributed by atoms with Crippen LogP contribution in [0.15, 0.2) is 18.2 Å². The van der Waals surface area contributed by atoms with Crippen molar-refractivity contribution in [1.82, 2.24) is 16.0 Å². The lowest BCUT2D eigenvalue weighted by molar-refractivity contribution is -0.122. The Morgan fingerprint density at radius 2 is 1.91 bits per heavy atom. The van der Waals surface area contributed by atoms with Crippen LogP contribution in [0.25, 0.3) is 0 Å². The lowest BCUT2D eigenvalue weighted by Crippen LogP contribution is -2.45. The van der Waals surface area contributed by atoms with Gasteiger partial charge in [-0.15, -0.1) is 0 Å². The molecule has 2 amide bonds. The average molecular weight is 327 g/mol. The van der Waals surface area contributed by atoms with E-state index in [0.29, 0.717) is 19.8 Å². The van der Waals surface area contributed by atoms with Crippen LogP contribution < -0.4 is 16.0 Å². The van der Waals surface area contributed by atoms with Crippen molar-refractivity contribution in [2.24, 2.45) is 0 Å². The van der Waals surface area contributed by atoms with Crippen LogP contribution in [0.3, 0.4) is 0 Å². The molecule has 23 heavy (non-hydrogen) atoms. The maximum absolute atomic E-state index is 13.4. The number of halogens is 2. The summed E-state index contributed by atoms with van der Waals surface area (Å²) >= 11 is 0. The summed E-state index contributed by atoms with van der Waals surface area (Å²) in [6, 6.07) is 3.19. The van der Waals surface area contributed by atoms with Gasteiger partial charge in [0.05, 0.1) is 13.2 Å². The molecule has 126 valence electrons. The van der Waals surface area contributed by atoms with E-state index >= 15 is 0 Å². The Bertz CT molecular complexity index is 543. The summed E-state index contributed by atoms with van der Waals surface area (Å²) in [5.74, 6) is -2.87. The van der Waals surface area contributed by atoms with Crippen LogP contribution in [0.1, 0.15) is 16.8 Å². The fourth-order valence-electron chi connectivity index (χ4n) is 2.23. The number of morpholine rings is 1. The number of hydrogen-bond acceptors (Lipinski definition) is 4. The molecular weight excluding hydrogens is 308 g/mol. The van der Waals surface area contributed by atoms with E-state index in [-0.39, 0.29) is 31.5 Å². The SMILES string of the molecule is O=C(CC1COCCN1)NCCNC(=O)c1c(F)cccc1F. The van der Waals surface area contributed by atoms with Gasteiger partial charge in [0.1, 0.15) is 17.2 Å². The lowest BCUT2D eigenvalue weighted by Gasteiger charge is -2.23. The zero-order valence-electron chi connectivity index (χ0n) is 12.5. The van der Waals surface area contributed by atoms with Gasteiger partial charge in [-0.25, -0.2) is 8.78 Å². The summed E-state index contributed by atoms with van der Waals surface area (Å²) in [6.07, 6.45) is 0.274.